The van der Waals surface area contributed by atoms with Gasteiger partial charge in [-0.1, -0.05) is 48.5 Å². The van der Waals surface area contributed by atoms with E-state index in [2.05, 4.69) is 52.3 Å². The average molecular weight is 348 g/mol. The Balaban J connectivity index is 1.36. The van der Waals surface area contributed by atoms with Crippen molar-refractivity contribution in [2.75, 3.05) is 24.5 Å². The Labute approximate surface area is 156 Å². The van der Waals surface area contributed by atoms with E-state index in [4.69, 9.17) is 0 Å². The number of carbonyl (C=O) groups excluding carboxylic acids is 1. The second-order valence-corrected chi connectivity index (χ2v) is 7.63. The highest BCUT2D eigenvalue weighted by Crippen LogP contribution is 2.35. The molecule has 3 heteroatoms. The van der Waals surface area contributed by atoms with E-state index in [1.807, 2.05) is 18.2 Å². The highest BCUT2D eigenvalue weighted by molar-refractivity contribution is 5.97. The quantitative estimate of drug-likeness (QED) is 0.783. The van der Waals surface area contributed by atoms with Crippen molar-refractivity contribution in [1.82, 2.24) is 4.90 Å². The van der Waals surface area contributed by atoms with E-state index >= 15 is 0 Å². The molecular weight excluding hydrogens is 320 g/mol. The molecule has 2 fully saturated rings. The van der Waals surface area contributed by atoms with Crippen LogP contribution in [0.5, 0.6) is 0 Å². The first kappa shape index (κ1) is 17.3. The van der Waals surface area contributed by atoms with E-state index in [1.54, 1.807) is 0 Å². The lowest BCUT2D eigenvalue weighted by atomic mass is 10.0. The van der Waals surface area contributed by atoms with Crippen LogP contribution in [0.4, 0.5) is 5.69 Å². The Kier molecular flexibility index (Phi) is 5.35. The maximum absolute atomic E-state index is 12.9. The van der Waals surface area contributed by atoms with Gasteiger partial charge in [-0.3, -0.25) is 4.79 Å². The summed E-state index contributed by atoms with van der Waals surface area (Å²) in [5.74, 6) is 0.616. The Hall–Kier alpha value is -2.13. The molecule has 0 N–H and O–H groups in total. The summed E-state index contributed by atoms with van der Waals surface area (Å²) in [4.78, 5) is 17.6. The van der Waals surface area contributed by atoms with Crippen LogP contribution < -0.4 is 4.90 Å². The number of para-hydroxylation sites is 1. The second-order valence-electron chi connectivity index (χ2n) is 7.63. The molecule has 136 valence electrons. The number of piperidine rings is 1. The minimum absolute atomic E-state index is 0.270. The van der Waals surface area contributed by atoms with Gasteiger partial charge >= 0.3 is 0 Å². The van der Waals surface area contributed by atoms with Crippen molar-refractivity contribution in [3.05, 3.63) is 66.2 Å². The first-order chi connectivity index (χ1) is 12.8. The van der Waals surface area contributed by atoms with Crippen molar-refractivity contribution in [3.8, 4) is 0 Å². The molecule has 0 radical (unpaired) electrons. The van der Waals surface area contributed by atoms with Gasteiger partial charge in [-0.05, 0) is 49.8 Å². The number of nitrogens with zero attached hydrogens (tertiary/aromatic N) is 2. The standard InChI is InChI=1S/C23H28N2O/c26-23(20-11-12-20)25(21-9-5-2-6-10-21)22-14-17-24(18-15-22)16-13-19-7-3-1-4-8-19/h1-10,20,22H,11-18H2. The van der Waals surface area contributed by atoms with E-state index in [-0.39, 0.29) is 5.92 Å². The van der Waals surface area contributed by atoms with Gasteiger partial charge in [0.05, 0.1) is 0 Å². The molecule has 2 aromatic carbocycles. The van der Waals surface area contributed by atoms with E-state index in [0.717, 1.165) is 57.4 Å². The van der Waals surface area contributed by atoms with Gasteiger partial charge in [-0.15, -0.1) is 0 Å². The number of likely N-dealkylation sites (tertiary alicyclic amines) is 1. The highest BCUT2D eigenvalue weighted by atomic mass is 16.2. The van der Waals surface area contributed by atoms with E-state index in [1.165, 1.54) is 5.56 Å². The molecule has 1 heterocycles. The number of benzene rings is 2. The first-order valence-corrected chi connectivity index (χ1v) is 9.95. The molecule has 3 nitrogen and oxygen atoms in total. The summed E-state index contributed by atoms with van der Waals surface area (Å²) in [6.07, 6.45) is 5.38. The fourth-order valence-electron chi connectivity index (χ4n) is 3.97. The molecule has 1 amide bonds. The van der Waals surface area contributed by atoms with Crippen LogP contribution in [0.25, 0.3) is 0 Å². The summed E-state index contributed by atoms with van der Waals surface area (Å²) < 4.78 is 0. The maximum atomic E-state index is 12.9. The third-order valence-corrected chi connectivity index (χ3v) is 5.68. The van der Waals surface area contributed by atoms with Crippen molar-refractivity contribution < 1.29 is 4.79 Å². The van der Waals surface area contributed by atoms with Crippen molar-refractivity contribution in [2.24, 2.45) is 5.92 Å². The lowest BCUT2D eigenvalue weighted by molar-refractivity contribution is -0.120. The number of hydrogen-bond acceptors (Lipinski definition) is 2. The van der Waals surface area contributed by atoms with Crippen molar-refractivity contribution >= 4 is 11.6 Å². The topological polar surface area (TPSA) is 23.6 Å². The smallest absolute Gasteiger partial charge is 0.230 e. The third-order valence-electron chi connectivity index (χ3n) is 5.68. The molecule has 0 unspecified atom stereocenters. The van der Waals surface area contributed by atoms with E-state index in [0.29, 0.717) is 11.9 Å². The highest BCUT2D eigenvalue weighted by Gasteiger charge is 2.37. The predicted molar refractivity (Wildman–Crippen MR) is 106 cm³/mol. The van der Waals surface area contributed by atoms with Gasteiger partial charge < -0.3 is 9.80 Å². The van der Waals surface area contributed by atoms with Crippen LogP contribution in [0.2, 0.25) is 0 Å². The average Bonchev–Trinajstić information content (AvgIpc) is 3.55. The van der Waals surface area contributed by atoms with Crippen LogP contribution in [-0.4, -0.2) is 36.5 Å². The molecule has 2 aromatic rings. The summed E-state index contributed by atoms with van der Waals surface area (Å²) in [7, 11) is 0. The SMILES string of the molecule is O=C(C1CC1)N(c1ccccc1)C1CCN(CCc2ccccc2)CC1. The lowest BCUT2D eigenvalue weighted by Crippen LogP contribution is -2.48. The Bertz CT molecular complexity index is 704. The zero-order valence-electron chi connectivity index (χ0n) is 15.4. The number of carbonyl (C=O) groups is 1. The maximum Gasteiger partial charge on any atom is 0.230 e. The Morgan fingerprint density at radius 2 is 1.50 bits per heavy atom. The van der Waals surface area contributed by atoms with Crippen LogP contribution in [0.15, 0.2) is 60.7 Å². The zero-order valence-corrected chi connectivity index (χ0v) is 15.4. The summed E-state index contributed by atoms with van der Waals surface area (Å²) >= 11 is 0. The largest absolute Gasteiger partial charge is 0.309 e. The summed E-state index contributed by atoms with van der Waals surface area (Å²) in [6, 6.07) is 21.3. The molecule has 1 aliphatic heterocycles. The van der Waals surface area contributed by atoms with E-state index in [9.17, 15) is 4.79 Å². The van der Waals surface area contributed by atoms with Crippen molar-refractivity contribution in [3.63, 3.8) is 0 Å². The number of hydrogen-bond donors (Lipinski definition) is 0. The van der Waals surface area contributed by atoms with Gasteiger partial charge in [0.2, 0.25) is 5.91 Å². The minimum atomic E-state index is 0.270. The molecule has 26 heavy (non-hydrogen) atoms. The van der Waals surface area contributed by atoms with Crippen LogP contribution >= 0.6 is 0 Å². The second kappa shape index (κ2) is 8.05. The Morgan fingerprint density at radius 1 is 0.885 bits per heavy atom. The number of anilines is 1. The molecule has 0 aromatic heterocycles. The summed E-state index contributed by atoms with van der Waals surface area (Å²) in [5, 5.41) is 0. The lowest BCUT2D eigenvalue weighted by Gasteiger charge is -2.38. The minimum Gasteiger partial charge on any atom is -0.309 e. The summed E-state index contributed by atoms with van der Waals surface area (Å²) in [5.41, 5.74) is 2.48. The van der Waals surface area contributed by atoms with Crippen LogP contribution in [0.1, 0.15) is 31.2 Å². The molecular formula is C23H28N2O. The molecule has 0 spiro atoms. The van der Waals surface area contributed by atoms with Crippen LogP contribution in [0, 0.1) is 5.92 Å². The fraction of sp³-hybridized carbons (Fsp3) is 0.435. The molecule has 1 saturated heterocycles. The molecule has 0 bridgehead atoms. The molecule has 1 saturated carbocycles. The third kappa shape index (κ3) is 4.16. The van der Waals surface area contributed by atoms with Gasteiger partial charge in [0.1, 0.15) is 0 Å². The number of amides is 1. The van der Waals surface area contributed by atoms with Gasteiger partial charge in [0.25, 0.3) is 0 Å². The van der Waals surface area contributed by atoms with Crippen LogP contribution in [-0.2, 0) is 11.2 Å². The first-order valence-electron chi connectivity index (χ1n) is 9.95. The monoisotopic (exact) mass is 348 g/mol. The van der Waals surface area contributed by atoms with E-state index < -0.39 is 0 Å². The van der Waals surface area contributed by atoms with Crippen molar-refractivity contribution in [1.29, 1.82) is 0 Å². The molecule has 1 aliphatic carbocycles. The summed E-state index contributed by atoms with van der Waals surface area (Å²) in [6.45, 7) is 3.27. The Morgan fingerprint density at radius 3 is 2.12 bits per heavy atom. The van der Waals surface area contributed by atoms with Gasteiger partial charge in [-0.2, -0.15) is 0 Å². The zero-order chi connectivity index (χ0) is 17.8. The van der Waals surface area contributed by atoms with Gasteiger partial charge in [-0.25, -0.2) is 0 Å². The molecule has 2 aliphatic rings. The predicted octanol–water partition coefficient (Wildman–Crippen LogP) is 4.14. The molecule has 0 atom stereocenters. The van der Waals surface area contributed by atoms with Gasteiger partial charge in [0.15, 0.2) is 0 Å². The van der Waals surface area contributed by atoms with Gasteiger partial charge in [0, 0.05) is 37.3 Å². The normalized spacial score (nSPS) is 18.6. The molecule has 4 rings (SSSR count). The fourth-order valence-corrected chi connectivity index (χ4v) is 3.97. The van der Waals surface area contributed by atoms with Crippen LogP contribution in [0.3, 0.4) is 0 Å². The number of rotatable bonds is 6. The van der Waals surface area contributed by atoms with Crippen molar-refractivity contribution in [2.45, 2.75) is 38.1 Å².